The summed E-state index contributed by atoms with van der Waals surface area (Å²) in [7, 11) is 2.90. The zero-order valence-corrected chi connectivity index (χ0v) is 13.7. The molecule has 9 nitrogen and oxygen atoms in total. The van der Waals surface area contributed by atoms with Gasteiger partial charge in [0.15, 0.2) is 5.52 Å². The van der Waals surface area contributed by atoms with Crippen LogP contribution in [0.4, 0.5) is 0 Å². The van der Waals surface area contributed by atoms with E-state index in [4.69, 9.17) is 0 Å². The number of benzene rings is 1. The molecule has 0 aliphatic rings. The number of imidazole rings is 1. The van der Waals surface area contributed by atoms with E-state index >= 15 is 0 Å². The Morgan fingerprint density at radius 3 is 2.64 bits per heavy atom. The van der Waals surface area contributed by atoms with E-state index in [0.717, 1.165) is 10.1 Å². The molecule has 0 atom stereocenters. The number of aromatic nitrogens is 4. The lowest BCUT2D eigenvalue weighted by Gasteiger charge is -2.07. The Morgan fingerprint density at radius 2 is 1.92 bits per heavy atom. The number of rotatable bonds is 4. The lowest BCUT2D eigenvalue weighted by atomic mass is 10.2. The van der Waals surface area contributed by atoms with Crippen LogP contribution in [0.2, 0.25) is 0 Å². The van der Waals surface area contributed by atoms with Crippen molar-refractivity contribution >= 4 is 23.3 Å². The molecule has 0 radical (unpaired) electrons. The Bertz CT molecular complexity index is 1070. The first-order chi connectivity index (χ1) is 12.0. The van der Waals surface area contributed by atoms with Gasteiger partial charge in [0.05, 0.1) is 12.5 Å². The van der Waals surface area contributed by atoms with Crippen LogP contribution in [-0.2, 0) is 25.4 Å². The average Bonchev–Trinajstić information content (AvgIpc) is 3.02. The highest BCUT2D eigenvalue weighted by molar-refractivity contribution is 5.83. The molecular weight excluding hydrogens is 324 g/mol. The minimum atomic E-state index is -0.501. The Balaban J connectivity index is 1.82. The van der Waals surface area contributed by atoms with Gasteiger partial charge >= 0.3 is 5.69 Å². The second-order valence-corrected chi connectivity index (χ2v) is 5.45. The van der Waals surface area contributed by atoms with Crippen LogP contribution < -0.4 is 16.7 Å². The highest BCUT2D eigenvalue weighted by Crippen LogP contribution is 2.05. The van der Waals surface area contributed by atoms with Gasteiger partial charge in [0, 0.05) is 14.1 Å². The summed E-state index contributed by atoms with van der Waals surface area (Å²) in [5.74, 6) is -0.403. The van der Waals surface area contributed by atoms with Crippen LogP contribution in [0.5, 0.6) is 0 Å². The van der Waals surface area contributed by atoms with Gasteiger partial charge in [0.1, 0.15) is 12.2 Å². The maximum Gasteiger partial charge on any atom is 0.332 e. The van der Waals surface area contributed by atoms with Gasteiger partial charge in [-0.25, -0.2) is 15.2 Å². The molecule has 1 amide bonds. The molecule has 0 saturated carbocycles. The smallest absolute Gasteiger partial charge is 0.307 e. The molecule has 0 unspecified atom stereocenters. The number of hydrogen-bond acceptors (Lipinski definition) is 5. The molecule has 1 N–H and O–H groups in total. The molecule has 2 heterocycles. The van der Waals surface area contributed by atoms with Gasteiger partial charge in [-0.1, -0.05) is 30.3 Å². The first-order valence-corrected chi connectivity index (χ1v) is 7.47. The van der Waals surface area contributed by atoms with Crippen molar-refractivity contribution < 1.29 is 4.79 Å². The summed E-state index contributed by atoms with van der Waals surface area (Å²) >= 11 is 0. The van der Waals surface area contributed by atoms with Crippen molar-refractivity contribution in [3.63, 3.8) is 0 Å². The summed E-state index contributed by atoms with van der Waals surface area (Å²) in [6.07, 6.45) is 2.88. The fourth-order valence-corrected chi connectivity index (χ4v) is 2.46. The van der Waals surface area contributed by atoms with E-state index in [0.29, 0.717) is 0 Å². The number of hydrogen-bond donors (Lipinski definition) is 1. The van der Waals surface area contributed by atoms with E-state index in [9.17, 15) is 14.4 Å². The quantitative estimate of drug-likeness (QED) is 0.515. The third-order valence-corrected chi connectivity index (χ3v) is 3.73. The van der Waals surface area contributed by atoms with Crippen LogP contribution in [0.1, 0.15) is 5.56 Å². The van der Waals surface area contributed by atoms with Crippen molar-refractivity contribution in [3.05, 3.63) is 63.1 Å². The van der Waals surface area contributed by atoms with Gasteiger partial charge in [0.25, 0.3) is 11.5 Å². The third kappa shape index (κ3) is 3.11. The molecular formula is C16H16N6O3. The topological polar surface area (TPSA) is 103 Å². The lowest BCUT2D eigenvalue weighted by Crippen LogP contribution is -2.37. The largest absolute Gasteiger partial charge is 0.332 e. The van der Waals surface area contributed by atoms with Gasteiger partial charge in [-0.05, 0) is 5.56 Å². The molecule has 25 heavy (non-hydrogen) atoms. The molecule has 3 aromatic rings. The summed E-state index contributed by atoms with van der Waals surface area (Å²) < 4.78 is 3.69. The maximum atomic E-state index is 12.1. The minimum Gasteiger partial charge on any atom is -0.307 e. The van der Waals surface area contributed by atoms with Gasteiger partial charge in [-0.2, -0.15) is 5.10 Å². The van der Waals surface area contributed by atoms with Crippen LogP contribution >= 0.6 is 0 Å². The van der Waals surface area contributed by atoms with E-state index in [-0.39, 0.29) is 17.7 Å². The first kappa shape index (κ1) is 16.4. The first-order valence-electron chi connectivity index (χ1n) is 7.47. The number of aryl methyl sites for hydroxylation is 1. The Morgan fingerprint density at radius 1 is 1.20 bits per heavy atom. The van der Waals surface area contributed by atoms with Gasteiger partial charge in [0.2, 0.25) is 0 Å². The van der Waals surface area contributed by atoms with Gasteiger partial charge in [-0.3, -0.25) is 18.7 Å². The minimum absolute atomic E-state index is 0.122. The van der Waals surface area contributed by atoms with E-state index in [1.165, 1.54) is 35.8 Å². The van der Waals surface area contributed by atoms with E-state index in [2.05, 4.69) is 15.5 Å². The second kappa shape index (κ2) is 6.56. The van der Waals surface area contributed by atoms with Gasteiger partial charge in [-0.15, -0.1) is 0 Å². The Hall–Kier alpha value is -3.49. The van der Waals surface area contributed by atoms with Crippen LogP contribution in [0.3, 0.4) is 0 Å². The summed E-state index contributed by atoms with van der Waals surface area (Å²) in [6, 6.07) is 9.31. The van der Waals surface area contributed by atoms with Crippen LogP contribution in [0, 0.1) is 0 Å². The predicted molar refractivity (Wildman–Crippen MR) is 92.4 cm³/mol. The summed E-state index contributed by atoms with van der Waals surface area (Å²) in [6.45, 7) is -0.122. The van der Waals surface area contributed by atoms with Crippen LogP contribution in [0.15, 0.2) is 51.3 Å². The van der Waals surface area contributed by atoms with Crippen molar-refractivity contribution in [2.45, 2.75) is 6.54 Å². The molecule has 2 aromatic heterocycles. The fraction of sp³-hybridized carbons (Fsp3) is 0.188. The zero-order valence-electron chi connectivity index (χ0n) is 13.7. The molecule has 9 heteroatoms. The van der Waals surface area contributed by atoms with Crippen molar-refractivity contribution in [1.29, 1.82) is 0 Å². The van der Waals surface area contributed by atoms with Crippen LogP contribution in [-0.4, -0.2) is 30.8 Å². The number of hydrazone groups is 1. The molecule has 3 rings (SSSR count). The zero-order chi connectivity index (χ0) is 18.0. The van der Waals surface area contributed by atoms with E-state index < -0.39 is 17.2 Å². The van der Waals surface area contributed by atoms with Gasteiger partial charge < -0.3 is 4.57 Å². The number of fused-ring (bicyclic) bond motifs is 1. The summed E-state index contributed by atoms with van der Waals surface area (Å²) in [4.78, 5) is 40.2. The molecule has 1 aromatic carbocycles. The number of nitrogens with zero attached hydrogens (tertiary/aromatic N) is 5. The number of carbonyl (C=O) groups is 1. The Labute approximate surface area is 141 Å². The number of nitrogens with one attached hydrogen (secondary N) is 1. The number of carbonyl (C=O) groups excluding carboxylic acids is 1. The summed E-state index contributed by atoms with van der Waals surface area (Å²) in [5, 5.41) is 3.88. The molecule has 0 bridgehead atoms. The second-order valence-electron chi connectivity index (χ2n) is 5.45. The third-order valence-electron chi connectivity index (χ3n) is 3.73. The van der Waals surface area contributed by atoms with Crippen molar-refractivity contribution in [2.24, 2.45) is 19.2 Å². The number of amides is 1. The molecule has 0 aliphatic heterocycles. The summed E-state index contributed by atoms with van der Waals surface area (Å²) in [5.41, 5.74) is 2.69. The van der Waals surface area contributed by atoms with Crippen molar-refractivity contribution in [2.75, 3.05) is 0 Å². The molecule has 0 spiro atoms. The fourth-order valence-electron chi connectivity index (χ4n) is 2.46. The maximum absolute atomic E-state index is 12.1. The normalized spacial score (nSPS) is 11.3. The van der Waals surface area contributed by atoms with Crippen molar-refractivity contribution in [3.8, 4) is 0 Å². The highest BCUT2D eigenvalue weighted by atomic mass is 16.2. The molecule has 0 saturated heterocycles. The standard InChI is InChI=1S/C16H16N6O3/c1-20-14-13(15(24)21(2)16(20)25)17-10-22(14)9-12(23)19-18-8-11-6-4-3-5-7-11/h3-8,10H,9H2,1-2H3,(H,19,23)/b18-8+. The van der Waals surface area contributed by atoms with E-state index in [1.807, 2.05) is 30.3 Å². The van der Waals surface area contributed by atoms with Crippen molar-refractivity contribution in [1.82, 2.24) is 24.1 Å². The monoisotopic (exact) mass is 340 g/mol. The molecule has 128 valence electrons. The SMILES string of the molecule is Cn1c(=O)c2ncn(CC(=O)N/N=C/c3ccccc3)c2n(C)c1=O. The highest BCUT2D eigenvalue weighted by Gasteiger charge is 2.15. The molecule has 0 fully saturated rings. The molecule has 0 aliphatic carbocycles. The lowest BCUT2D eigenvalue weighted by molar-refractivity contribution is -0.121. The van der Waals surface area contributed by atoms with E-state index in [1.54, 1.807) is 0 Å². The predicted octanol–water partition coefficient (Wildman–Crippen LogP) is -0.416. The Kier molecular flexibility index (Phi) is 4.29. The van der Waals surface area contributed by atoms with Crippen LogP contribution in [0.25, 0.3) is 11.2 Å². The average molecular weight is 340 g/mol.